The smallest absolute Gasteiger partial charge is 0.108 e. The van der Waals surface area contributed by atoms with Crippen molar-refractivity contribution < 1.29 is 10.2 Å². The van der Waals surface area contributed by atoms with Gasteiger partial charge in [-0.3, -0.25) is 0 Å². The summed E-state index contributed by atoms with van der Waals surface area (Å²) in [5.41, 5.74) is 1.30. The molecule has 3 rings (SSSR count). The molecule has 2 heteroatoms. The highest BCUT2D eigenvalue weighted by molar-refractivity contribution is 5.35. The van der Waals surface area contributed by atoms with Gasteiger partial charge in [0.05, 0.1) is 5.60 Å². The van der Waals surface area contributed by atoms with Crippen LogP contribution in [0.1, 0.15) is 75.0 Å². The maximum absolute atomic E-state index is 10.9. The minimum absolute atomic E-state index is 0.590. The monoisotopic (exact) mass is 274 g/mol. The number of aliphatic hydroxyl groups is 2. The lowest BCUT2D eigenvalue weighted by molar-refractivity contribution is -0.106. The molecule has 1 atom stereocenters. The Labute approximate surface area is 121 Å². The van der Waals surface area contributed by atoms with Crippen LogP contribution in [-0.4, -0.2) is 15.8 Å². The first kappa shape index (κ1) is 14.1. The van der Waals surface area contributed by atoms with E-state index in [-0.39, 0.29) is 0 Å². The van der Waals surface area contributed by atoms with E-state index in [1.54, 1.807) is 0 Å². The average Bonchev–Trinajstić information content (AvgIpc) is 2.40. The molecule has 0 spiro atoms. The summed E-state index contributed by atoms with van der Waals surface area (Å²) in [7, 11) is 0. The van der Waals surface area contributed by atoms with E-state index in [1.807, 2.05) is 12.1 Å². The topological polar surface area (TPSA) is 40.5 Å². The second-order valence-corrected chi connectivity index (χ2v) is 6.95. The zero-order valence-corrected chi connectivity index (χ0v) is 12.4. The van der Waals surface area contributed by atoms with Crippen LogP contribution in [0.3, 0.4) is 0 Å². The average molecular weight is 274 g/mol. The normalized spacial score (nSPS) is 32.6. The van der Waals surface area contributed by atoms with Gasteiger partial charge < -0.3 is 10.2 Å². The van der Waals surface area contributed by atoms with E-state index in [1.165, 1.54) is 24.8 Å². The van der Waals surface area contributed by atoms with Crippen molar-refractivity contribution in [3.8, 4) is 0 Å². The molecule has 0 heterocycles. The highest BCUT2D eigenvalue weighted by Gasteiger charge is 2.40. The third-order valence-corrected chi connectivity index (χ3v) is 5.48. The molecule has 2 fully saturated rings. The molecule has 2 N–H and O–H groups in total. The molecule has 1 aromatic rings. The molecule has 2 aliphatic rings. The Bertz CT molecular complexity index is 456. The highest BCUT2D eigenvalue weighted by Crippen LogP contribution is 2.45. The summed E-state index contributed by atoms with van der Waals surface area (Å²) in [5, 5.41) is 21.6. The lowest BCUT2D eigenvalue weighted by Crippen LogP contribution is -2.40. The van der Waals surface area contributed by atoms with Crippen LogP contribution < -0.4 is 0 Å². The SMILES string of the molecule is CC1CCC(O)(C(O)c2ccccc2C2CCC2)CC1. The van der Waals surface area contributed by atoms with Crippen LogP contribution in [0.15, 0.2) is 24.3 Å². The lowest BCUT2D eigenvalue weighted by atomic mass is 9.71. The molecule has 1 aromatic carbocycles. The summed E-state index contributed by atoms with van der Waals surface area (Å²) < 4.78 is 0. The van der Waals surface area contributed by atoms with E-state index in [0.29, 0.717) is 24.7 Å². The summed E-state index contributed by atoms with van der Waals surface area (Å²) >= 11 is 0. The molecule has 0 saturated heterocycles. The second-order valence-electron chi connectivity index (χ2n) is 6.95. The lowest BCUT2D eigenvalue weighted by Gasteiger charge is -2.40. The van der Waals surface area contributed by atoms with Gasteiger partial charge in [0, 0.05) is 0 Å². The molecule has 0 aromatic heterocycles. The fourth-order valence-electron chi connectivity index (χ4n) is 3.68. The largest absolute Gasteiger partial charge is 0.387 e. The van der Waals surface area contributed by atoms with Crippen molar-refractivity contribution in [3.63, 3.8) is 0 Å². The van der Waals surface area contributed by atoms with E-state index in [4.69, 9.17) is 0 Å². The van der Waals surface area contributed by atoms with E-state index < -0.39 is 11.7 Å². The zero-order valence-electron chi connectivity index (χ0n) is 12.4. The van der Waals surface area contributed by atoms with Crippen LogP contribution >= 0.6 is 0 Å². The fourth-order valence-corrected chi connectivity index (χ4v) is 3.68. The van der Waals surface area contributed by atoms with Gasteiger partial charge in [-0.15, -0.1) is 0 Å². The summed E-state index contributed by atoms with van der Waals surface area (Å²) in [4.78, 5) is 0. The van der Waals surface area contributed by atoms with E-state index in [0.717, 1.165) is 18.4 Å². The van der Waals surface area contributed by atoms with E-state index >= 15 is 0 Å². The minimum Gasteiger partial charge on any atom is -0.387 e. The van der Waals surface area contributed by atoms with Crippen LogP contribution in [0.5, 0.6) is 0 Å². The molecule has 20 heavy (non-hydrogen) atoms. The summed E-state index contributed by atoms with van der Waals surface area (Å²) in [5.74, 6) is 1.26. The van der Waals surface area contributed by atoms with Gasteiger partial charge in [-0.05, 0) is 61.5 Å². The predicted molar refractivity (Wildman–Crippen MR) is 80.6 cm³/mol. The molecule has 110 valence electrons. The standard InChI is InChI=1S/C18H26O2/c1-13-9-11-18(20,12-10-13)17(19)16-8-3-2-7-15(16)14-5-4-6-14/h2-3,7-8,13-14,17,19-20H,4-6,9-12H2,1H3. The summed E-state index contributed by atoms with van der Waals surface area (Å²) in [6.07, 6.45) is 6.46. The van der Waals surface area contributed by atoms with Crippen molar-refractivity contribution >= 4 is 0 Å². The first-order valence-electron chi connectivity index (χ1n) is 8.09. The molecule has 0 amide bonds. The Morgan fingerprint density at radius 3 is 2.35 bits per heavy atom. The van der Waals surface area contributed by atoms with Crippen LogP contribution in [0.2, 0.25) is 0 Å². The Morgan fingerprint density at radius 2 is 1.75 bits per heavy atom. The van der Waals surface area contributed by atoms with Crippen molar-refractivity contribution in [2.75, 3.05) is 0 Å². The molecule has 1 unspecified atom stereocenters. The maximum Gasteiger partial charge on any atom is 0.108 e. The second kappa shape index (κ2) is 5.50. The van der Waals surface area contributed by atoms with Gasteiger partial charge in [-0.1, -0.05) is 37.6 Å². The summed E-state index contributed by atoms with van der Waals surface area (Å²) in [6.45, 7) is 2.23. The highest BCUT2D eigenvalue weighted by atomic mass is 16.3. The summed E-state index contributed by atoms with van der Waals surface area (Å²) in [6, 6.07) is 8.18. The van der Waals surface area contributed by atoms with Crippen LogP contribution in [-0.2, 0) is 0 Å². The maximum atomic E-state index is 10.9. The van der Waals surface area contributed by atoms with Crippen LogP contribution in [0.25, 0.3) is 0 Å². The van der Waals surface area contributed by atoms with Crippen molar-refractivity contribution in [1.82, 2.24) is 0 Å². The van der Waals surface area contributed by atoms with Gasteiger partial charge >= 0.3 is 0 Å². The molecule has 2 saturated carbocycles. The Hall–Kier alpha value is -0.860. The van der Waals surface area contributed by atoms with Gasteiger partial charge in [-0.25, -0.2) is 0 Å². The van der Waals surface area contributed by atoms with Gasteiger partial charge in [-0.2, -0.15) is 0 Å². The van der Waals surface area contributed by atoms with Gasteiger partial charge in [0.25, 0.3) is 0 Å². The Morgan fingerprint density at radius 1 is 1.10 bits per heavy atom. The van der Waals surface area contributed by atoms with Crippen molar-refractivity contribution in [2.45, 2.75) is 69.5 Å². The van der Waals surface area contributed by atoms with Gasteiger partial charge in [0.2, 0.25) is 0 Å². The molecule has 0 radical (unpaired) electrons. The number of aliphatic hydroxyl groups excluding tert-OH is 1. The van der Waals surface area contributed by atoms with Gasteiger partial charge in [0.15, 0.2) is 0 Å². The van der Waals surface area contributed by atoms with Crippen molar-refractivity contribution in [3.05, 3.63) is 35.4 Å². The Balaban J connectivity index is 1.84. The number of hydrogen-bond donors (Lipinski definition) is 2. The molecule has 2 aliphatic carbocycles. The first-order valence-corrected chi connectivity index (χ1v) is 8.09. The fraction of sp³-hybridized carbons (Fsp3) is 0.667. The molecular weight excluding hydrogens is 248 g/mol. The quantitative estimate of drug-likeness (QED) is 0.876. The predicted octanol–water partition coefficient (Wildman–Crippen LogP) is 3.93. The van der Waals surface area contributed by atoms with E-state index in [2.05, 4.69) is 19.1 Å². The van der Waals surface area contributed by atoms with Crippen LogP contribution in [0.4, 0.5) is 0 Å². The zero-order chi connectivity index (χ0) is 14.2. The number of hydrogen-bond acceptors (Lipinski definition) is 2. The molecule has 0 bridgehead atoms. The molecular formula is C18H26O2. The third kappa shape index (κ3) is 2.51. The van der Waals surface area contributed by atoms with Crippen molar-refractivity contribution in [1.29, 1.82) is 0 Å². The molecule has 0 aliphatic heterocycles. The Kier molecular flexibility index (Phi) is 3.87. The van der Waals surface area contributed by atoms with E-state index in [9.17, 15) is 10.2 Å². The minimum atomic E-state index is -0.924. The van der Waals surface area contributed by atoms with Crippen molar-refractivity contribution in [2.24, 2.45) is 5.92 Å². The van der Waals surface area contributed by atoms with Crippen LogP contribution in [0, 0.1) is 5.92 Å². The first-order chi connectivity index (χ1) is 9.60. The van der Waals surface area contributed by atoms with Gasteiger partial charge in [0.1, 0.15) is 6.10 Å². The third-order valence-electron chi connectivity index (χ3n) is 5.48. The number of benzene rings is 1. The number of rotatable bonds is 3. The molecule has 2 nitrogen and oxygen atoms in total.